The Labute approximate surface area is 253 Å². The normalized spacial score (nSPS) is 26.8. The zero-order valence-corrected chi connectivity index (χ0v) is 25.3. The van der Waals surface area contributed by atoms with Crippen LogP contribution in [0.2, 0.25) is 0 Å². The number of carbonyl (C=O) groups is 3. The molecular formula is C36H40N4O3. The third kappa shape index (κ3) is 4.89. The maximum atomic E-state index is 13.2. The van der Waals surface area contributed by atoms with Crippen molar-refractivity contribution in [1.82, 2.24) is 14.8 Å². The number of para-hydroxylation sites is 1. The number of aromatic nitrogens is 1. The van der Waals surface area contributed by atoms with Gasteiger partial charge in [-0.1, -0.05) is 37.3 Å². The van der Waals surface area contributed by atoms with E-state index in [4.69, 9.17) is 0 Å². The molecule has 43 heavy (non-hydrogen) atoms. The summed E-state index contributed by atoms with van der Waals surface area (Å²) in [6, 6.07) is 18.1. The molecule has 0 unspecified atom stereocenters. The minimum absolute atomic E-state index is 0.171. The van der Waals surface area contributed by atoms with Crippen molar-refractivity contribution in [3.8, 4) is 5.69 Å². The maximum Gasteiger partial charge on any atom is 0.329 e. The standard InChI is InChI=1S/C36H40N4O3/c1-4-27-7-5-6-8-31(27)37-33(41)21-39-34(42)32(38-35(39)43)17-28-13-22(2)40(23(28)3)30-11-9-29(10-12-30)36-18-24-14-25(19-36)16-26(15-24)20-36/h5-13,17,24-26H,4,14-16,18-21H2,1-3H3,(H,37,41)(H,38,43)/b32-17+. The summed E-state index contributed by atoms with van der Waals surface area (Å²) in [7, 11) is 0. The Morgan fingerprint density at radius 1 is 0.977 bits per heavy atom. The lowest BCUT2D eigenvalue weighted by Crippen LogP contribution is -2.48. The molecule has 2 aromatic carbocycles. The molecule has 2 N–H and O–H groups in total. The molecule has 0 spiro atoms. The van der Waals surface area contributed by atoms with Crippen molar-refractivity contribution in [2.45, 2.75) is 71.1 Å². The summed E-state index contributed by atoms with van der Waals surface area (Å²) in [6.07, 6.45) is 10.9. The maximum absolute atomic E-state index is 13.2. The van der Waals surface area contributed by atoms with E-state index in [9.17, 15) is 14.4 Å². The number of nitrogens with one attached hydrogen (secondary N) is 2. The number of aryl methyl sites for hydroxylation is 2. The fourth-order valence-corrected chi connectivity index (χ4v) is 8.91. The molecule has 8 rings (SSSR count). The Balaban J connectivity index is 1.08. The number of hydrogen-bond donors (Lipinski definition) is 2. The van der Waals surface area contributed by atoms with Gasteiger partial charge >= 0.3 is 6.03 Å². The lowest BCUT2D eigenvalue weighted by Gasteiger charge is -2.57. The van der Waals surface area contributed by atoms with Crippen LogP contribution in [0.5, 0.6) is 0 Å². The van der Waals surface area contributed by atoms with Gasteiger partial charge in [0.1, 0.15) is 12.2 Å². The SMILES string of the molecule is CCc1ccccc1NC(=O)CN1C(=O)N/C(=C/c2cc(C)n(-c3ccc(C45CC6CC(CC(C6)C4)C5)cc3)c2C)C1=O. The van der Waals surface area contributed by atoms with E-state index >= 15 is 0 Å². The van der Waals surface area contributed by atoms with E-state index in [0.29, 0.717) is 11.1 Å². The van der Waals surface area contributed by atoms with E-state index in [-0.39, 0.29) is 12.2 Å². The van der Waals surface area contributed by atoms with Gasteiger partial charge < -0.3 is 15.2 Å². The van der Waals surface area contributed by atoms with Crippen LogP contribution in [-0.4, -0.2) is 33.9 Å². The summed E-state index contributed by atoms with van der Waals surface area (Å²) < 4.78 is 2.20. The molecule has 7 nitrogen and oxygen atoms in total. The van der Waals surface area contributed by atoms with Gasteiger partial charge in [-0.05, 0) is 129 Å². The lowest BCUT2D eigenvalue weighted by atomic mass is 9.48. The highest BCUT2D eigenvalue weighted by Gasteiger charge is 2.51. The monoisotopic (exact) mass is 576 g/mol. The van der Waals surface area contributed by atoms with Gasteiger partial charge in [-0.15, -0.1) is 0 Å². The molecule has 4 saturated carbocycles. The highest BCUT2D eigenvalue weighted by Crippen LogP contribution is 2.60. The van der Waals surface area contributed by atoms with Gasteiger partial charge in [-0.3, -0.25) is 9.59 Å². The number of rotatable bonds is 7. The minimum Gasteiger partial charge on any atom is -0.324 e. The second-order valence-electron chi connectivity index (χ2n) is 13.3. The van der Waals surface area contributed by atoms with Crippen LogP contribution in [0.4, 0.5) is 10.5 Å². The van der Waals surface area contributed by atoms with Gasteiger partial charge in [0.2, 0.25) is 5.91 Å². The zero-order chi connectivity index (χ0) is 29.9. The first-order valence-electron chi connectivity index (χ1n) is 15.7. The number of carbonyl (C=O) groups excluding carboxylic acids is 3. The molecule has 3 aromatic rings. The van der Waals surface area contributed by atoms with E-state index in [1.807, 2.05) is 44.2 Å². The van der Waals surface area contributed by atoms with Gasteiger partial charge in [0.15, 0.2) is 0 Å². The number of benzene rings is 2. The summed E-state index contributed by atoms with van der Waals surface area (Å²) >= 11 is 0. The average Bonchev–Trinajstić information content (AvgIpc) is 3.40. The Kier molecular flexibility index (Phi) is 6.79. The molecule has 1 aromatic heterocycles. The van der Waals surface area contributed by atoms with Crippen molar-refractivity contribution in [1.29, 1.82) is 0 Å². The van der Waals surface area contributed by atoms with Crippen molar-refractivity contribution >= 4 is 29.6 Å². The van der Waals surface area contributed by atoms with Crippen LogP contribution < -0.4 is 10.6 Å². The summed E-state index contributed by atoms with van der Waals surface area (Å²) in [5.74, 6) is 1.82. The highest BCUT2D eigenvalue weighted by atomic mass is 16.2. The van der Waals surface area contributed by atoms with Crippen molar-refractivity contribution in [3.05, 3.63) is 88.4 Å². The summed E-state index contributed by atoms with van der Waals surface area (Å²) in [5.41, 5.74) is 7.72. The number of anilines is 1. The molecule has 0 atom stereocenters. The molecule has 1 aliphatic heterocycles. The molecule has 2 heterocycles. The first-order valence-corrected chi connectivity index (χ1v) is 15.7. The van der Waals surface area contributed by atoms with Gasteiger partial charge in [0.05, 0.1) is 0 Å². The molecule has 5 fully saturated rings. The molecule has 4 aliphatic carbocycles. The number of nitrogens with zero attached hydrogens (tertiary/aromatic N) is 2. The molecule has 1 saturated heterocycles. The largest absolute Gasteiger partial charge is 0.329 e. The molecule has 4 amide bonds. The van der Waals surface area contributed by atoms with E-state index in [2.05, 4.69) is 46.4 Å². The predicted octanol–water partition coefficient (Wildman–Crippen LogP) is 6.66. The predicted molar refractivity (Wildman–Crippen MR) is 168 cm³/mol. The molecule has 5 aliphatic rings. The van der Waals surface area contributed by atoms with E-state index < -0.39 is 17.8 Å². The zero-order valence-electron chi connectivity index (χ0n) is 25.3. The first kappa shape index (κ1) is 27.7. The second-order valence-corrected chi connectivity index (χ2v) is 13.3. The van der Waals surface area contributed by atoms with Crippen LogP contribution in [0, 0.1) is 31.6 Å². The van der Waals surface area contributed by atoms with E-state index in [0.717, 1.165) is 57.3 Å². The van der Waals surface area contributed by atoms with Crippen molar-refractivity contribution < 1.29 is 14.4 Å². The van der Waals surface area contributed by atoms with E-state index in [1.54, 1.807) is 6.08 Å². The lowest BCUT2D eigenvalue weighted by molar-refractivity contribution is -0.127. The fraction of sp³-hybridized carbons (Fsp3) is 0.417. The number of urea groups is 1. The number of amides is 4. The Morgan fingerprint density at radius 3 is 2.28 bits per heavy atom. The third-order valence-corrected chi connectivity index (χ3v) is 10.5. The summed E-state index contributed by atoms with van der Waals surface area (Å²) in [5, 5.41) is 5.51. The average molecular weight is 577 g/mol. The first-order chi connectivity index (χ1) is 20.7. The van der Waals surface area contributed by atoms with Crippen LogP contribution in [0.25, 0.3) is 11.8 Å². The molecule has 4 bridgehead atoms. The molecular weight excluding hydrogens is 536 g/mol. The Hall–Kier alpha value is -4.13. The van der Waals surface area contributed by atoms with Crippen LogP contribution in [0.15, 0.2) is 60.3 Å². The quantitative estimate of drug-likeness (QED) is 0.244. The Bertz CT molecular complexity index is 1610. The van der Waals surface area contributed by atoms with Crippen LogP contribution in [0.1, 0.15) is 73.5 Å². The third-order valence-electron chi connectivity index (χ3n) is 10.5. The van der Waals surface area contributed by atoms with Crippen molar-refractivity contribution in [2.24, 2.45) is 17.8 Å². The van der Waals surface area contributed by atoms with Gasteiger partial charge in [0.25, 0.3) is 5.91 Å². The van der Waals surface area contributed by atoms with Crippen LogP contribution >= 0.6 is 0 Å². The van der Waals surface area contributed by atoms with Crippen molar-refractivity contribution in [2.75, 3.05) is 11.9 Å². The van der Waals surface area contributed by atoms with E-state index in [1.165, 1.54) is 44.1 Å². The van der Waals surface area contributed by atoms with Gasteiger partial charge in [0, 0.05) is 22.8 Å². The summed E-state index contributed by atoms with van der Waals surface area (Å²) in [4.78, 5) is 39.6. The summed E-state index contributed by atoms with van der Waals surface area (Å²) in [6.45, 7) is 5.75. The topological polar surface area (TPSA) is 83.4 Å². The smallest absolute Gasteiger partial charge is 0.324 e. The van der Waals surface area contributed by atoms with Gasteiger partial charge in [-0.2, -0.15) is 0 Å². The molecule has 0 radical (unpaired) electrons. The highest BCUT2D eigenvalue weighted by molar-refractivity contribution is 6.16. The number of imide groups is 1. The molecule has 7 heteroatoms. The fourth-order valence-electron chi connectivity index (χ4n) is 8.91. The van der Waals surface area contributed by atoms with Crippen LogP contribution in [0.3, 0.4) is 0 Å². The minimum atomic E-state index is -0.593. The van der Waals surface area contributed by atoms with Gasteiger partial charge in [-0.25, -0.2) is 9.69 Å². The van der Waals surface area contributed by atoms with Crippen LogP contribution in [-0.2, 0) is 21.4 Å². The Morgan fingerprint density at radius 2 is 1.63 bits per heavy atom. The molecule has 222 valence electrons. The van der Waals surface area contributed by atoms with Crippen molar-refractivity contribution in [3.63, 3.8) is 0 Å². The second kappa shape index (κ2) is 10.5. The number of hydrogen-bond acceptors (Lipinski definition) is 3.